The van der Waals surface area contributed by atoms with Crippen molar-refractivity contribution in [2.24, 2.45) is 0 Å². The number of halogens is 1. The van der Waals surface area contributed by atoms with E-state index >= 15 is 0 Å². The van der Waals surface area contributed by atoms with Crippen LogP contribution in [0.15, 0.2) is 53.7 Å². The molecule has 1 amide bonds. The highest BCUT2D eigenvalue weighted by Gasteiger charge is 2.36. The molecule has 2 aromatic carbocycles. The molecule has 2 fully saturated rings. The zero-order valence-corrected chi connectivity index (χ0v) is 27.8. The van der Waals surface area contributed by atoms with Crippen molar-refractivity contribution >= 4 is 27.6 Å². The van der Waals surface area contributed by atoms with E-state index in [0.29, 0.717) is 73.4 Å². The van der Waals surface area contributed by atoms with E-state index in [1.165, 1.54) is 12.1 Å². The predicted molar refractivity (Wildman–Crippen MR) is 173 cm³/mol. The molecule has 248 valence electrons. The molecule has 5 rings (SSSR count). The van der Waals surface area contributed by atoms with Crippen LogP contribution in [0.25, 0.3) is 0 Å². The van der Waals surface area contributed by atoms with E-state index in [0.717, 1.165) is 24.1 Å². The Hall–Kier alpha value is -3.65. The molecule has 0 bridgehead atoms. The van der Waals surface area contributed by atoms with Crippen LogP contribution in [0.3, 0.4) is 0 Å². The first-order valence-electron chi connectivity index (χ1n) is 15.6. The van der Waals surface area contributed by atoms with Crippen LogP contribution in [-0.4, -0.2) is 105 Å². The summed E-state index contributed by atoms with van der Waals surface area (Å²) in [4.78, 5) is 28.1. The number of rotatable bonds is 11. The molecular formula is C33H43FN6O5S. The number of carbonyl (C=O) groups excluding carboxylic acids is 1. The fraction of sp³-hybridized carbons (Fsp3) is 0.485. The zero-order valence-electron chi connectivity index (χ0n) is 27.0. The number of nitrogens with zero attached hydrogens (tertiary/aromatic N) is 6. The summed E-state index contributed by atoms with van der Waals surface area (Å²) in [5, 5.41) is 0. The molecule has 0 N–H and O–H groups in total. The maximum Gasteiger partial charge on any atom is 0.248 e. The molecule has 0 aliphatic carbocycles. The fourth-order valence-electron chi connectivity index (χ4n) is 6.18. The summed E-state index contributed by atoms with van der Waals surface area (Å²) in [6.45, 7) is 7.33. The molecule has 1 atom stereocenters. The Bertz CT molecular complexity index is 1570. The molecule has 1 unspecified atom stereocenters. The first-order valence-corrected chi connectivity index (χ1v) is 17.1. The highest BCUT2D eigenvalue weighted by atomic mass is 32.2. The number of anilines is 2. The summed E-state index contributed by atoms with van der Waals surface area (Å²) in [6, 6.07) is 9.33. The molecule has 1 aromatic heterocycles. The number of carbonyl (C=O) groups is 1. The van der Waals surface area contributed by atoms with Gasteiger partial charge in [-0.05, 0) is 74.2 Å². The minimum Gasteiger partial charge on any atom is -0.497 e. The van der Waals surface area contributed by atoms with Gasteiger partial charge in [0, 0.05) is 76.0 Å². The van der Waals surface area contributed by atoms with Crippen LogP contribution in [0.4, 0.5) is 16.0 Å². The number of ether oxygens (including phenoxy) is 2. The summed E-state index contributed by atoms with van der Waals surface area (Å²) >= 11 is 0. The van der Waals surface area contributed by atoms with Crippen LogP contribution in [0.2, 0.25) is 0 Å². The molecule has 3 heterocycles. The molecule has 11 nitrogen and oxygen atoms in total. The van der Waals surface area contributed by atoms with Gasteiger partial charge in [-0.25, -0.2) is 22.8 Å². The van der Waals surface area contributed by atoms with Crippen molar-refractivity contribution < 1.29 is 27.1 Å². The zero-order chi connectivity index (χ0) is 32.8. The van der Waals surface area contributed by atoms with E-state index in [9.17, 15) is 17.6 Å². The number of piperazine rings is 1. The molecule has 2 aliphatic heterocycles. The second-order valence-electron chi connectivity index (χ2n) is 12.0. The second kappa shape index (κ2) is 14.8. The number of aromatic nitrogens is 2. The minimum absolute atomic E-state index is 0.0815. The SMILES string of the molecule is COc1cc(C)c(S(=O)(=O)N2CCCCC2COCC(=O)N2CCN(Cc3cnc(N(C)c4ccc(F)cc4)nc3)CC2)c(C)c1. The Balaban J connectivity index is 1.09. The summed E-state index contributed by atoms with van der Waals surface area (Å²) in [5.74, 6) is 0.759. The van der Waals surface area contributed by atoms with Crippen LogP contribution in [0.1, 0.15) is 36.0 Å². The number of sulfonamides is 1. The number of methoxy groups -OCH3 is 1. The average Bonchev–Trinajstić information content (AvgIpc) is 3.05. The van der Waals surface area contributed by atoms with E-state index in [1.807, 2.05) is 7.05 Å². The van der Waals surface area contributed by atoms with Gasteiger partial charge in [0.2, 0.25) is 21.9 Å². The lowest BCUT2D eigenvalue weighted by atomic mass is 10.1. The van der Waals surface area contributed by atoms with Crippen LogP contribution >= 0.6 is 0 Å². The molecule has 13 heteroatoms. The van der Waals surface area contributed by atoms with Crippen molar-refractivity contribution in [3.8, 4) is 5.75 Å². The third kappa shape index (κ3) is 7.83. The summed E-state index contributed by atoms with van der Waals surface area (Å²) in [7, 11) is -0.350. The lowest BCUT2D eigenvalue weighted by Crippen LogP contribution is -2.50. The predicted octanol–water partition coefficient (Wildman–Crippen LogP) is 3.91. The molecule has 0 saturated carbocycles. The van der Waals surface area contributed by atoms with E-state index in [1.54, 1.807) is 71.7 Å². The van der Waals surface area contributed by atoms with Crippen molar-refractivity contribution in [2.45, 2.75) is 50.6 Å². The smallest absolute Gasteiger partial charge is 0.248 e. The number of amides is 1. The number of hydrogen-bond acceptors (Lipinski definition) is 9. The topological polar surface area (TPSA) is 108 Å². The minimum atomic E-state index is -3.75. The molecule has 2 aliphatic rings. The molecule has 0 radical (unpaired) electrons. The lowest BCUT2D eigenvalue weighted by molar-refractivity contribution is -0.138. The van der Waals surface area contributed by atoms with Crippen molar-refractivity contribution in [3.05, 3.63) is 71.3 Å². The fourth-order valence-corrected chi connectivity index (χ4v) is 8.27. The van der Waals surface area contributed by atoms with E-state index in [4.69, 9.17) is 9.47 Å². The van der Waals surface area contributed by atoms with Gasteiger partial charge in [-0.15, -0.1) is 0 Å². The number of aryl methyl sites for hydroxylation is 2. The molecule has 3 aromatic rings. The largest absolute Gasteiger partial charge is 0.497 e. The van der Waals surface area contributed by atoms with Gasteiger partial charge in [-0.1, -0.05) is 6.42 Å². The third-order valence-electron chi connectivity index (χ3n) is 8.68. The Morgan fingerprint density at radius 1 is 1.00 bits per heavy atom. The monoisotopic (exact) mass is 654 g/mol. The third-order valence-corrected chi connectivity index (χ3v) is 10.9. The van der Waals surface area contributed by atoms with Crippen LogP contribution in [0.5, 0.6) is 5.75 Å². The highest BCUT2D eigenvalue weighted by molar-refractivity contribution is 7.89. The average molecular weight is 655 g/mol. The summed E-state index contributed by atoms with van der Waals surface area (Å²) in [6.07, 6.45) is 5.97. The van der Waals surface area contributed by atoms with Crippen molar-refractivity contribution in [1.29, 1.82) is 0 Å². The first-order chi connectivity index (χ1) is 22.1. The molecule has 0 spiro atoms. The quantitative estimate of drug-likeness (QED) is 0.304. The second-order valence-corrected chi connectivity index (χ2v) is 13.8. The number of hydrogen-bond donors (Lipinski definition) is 0. The molecular weight excluding hydrogens is 611 g/mol. The normalized spacial score (nSPS) is 18.0. The van der Waals surface area contributed by atoms with Gasteiger partial charge in [0.25, 0.3) is 0 Å². The van der Waals surface area contributed by atoms with Crippen LogP contribution in [-0.2, 0) is 26.1 Å². The van der Waals surface area contributed by atoms with E-state index < -0.39 is 10.0 Å². The van der Waals surface area contributed by atoms with Gasteiger partial charge < -0.3 is 19.3 Å². The Labute approximate surface area is 271 Å². The number of benzene rings is 2. The van der Waals surface area contributed by atoms with Gasteiger partial charge in [0.05, 0.1) is 18.6 Å². The Morgan fingerprint density at radius 3 is 2.28 bits per heavy atom. The first kappa shape index (κ1) is 33.7. The maximum absolute atomic E-state index is 13.8. The van der Waals surface area contributed by atoms with Gasteiger partial charge in [0.1, 0.15) is 18.2 Å². The molecule has 2 saturated heterocycles. The lowest BCUT2D eigenvalue weighted by Gasteiger charge is -2.36. The van der Waals surface area contributed by atoms with Crippen molar-refractivity contribution in [2.75, 3.05) is 65.0 Å². The van der Waals surface area contributed by atoms with Gasteiger partial charge in [-0.3, -0.25) is 9.69 Å². The summed E-state index contributed by atoms with van der Waals surface area (Å²) in [5.41, 5.74) is 3.05. The van der Waals surface area contributed by atoms with E-state index in [2.05, 4.69) is 14.9 Å². The van der Waals surface area contributed by atoms with Gasteiger partial charge >= 0.3 is 0 Å². The van der Waals surface area contributed by atoms with E-state index in [-0.39, 0.29) is 31.0 Å². The maximum atomic E-state index is 13.8. The Kier molecular flexibility index (Phi) is 10.9. The van der Waals surface area contributed by atoms with Crippen molar-refractivity contribution in [1.82, 2.24) is 24.1 Å². The Morgan fingerprint density at radius 2 is 1.65 bits per heavy atom. The standard InChI is InChI=1S/C33H43FN6O5S/c1-24-17-30(44-4)18-25(2)32(24)46(42,43)40-12-6-5-7-29(40)22-45-23-31(41)39-15-13-38(14-16-39)21-26-19-35-33(36-20-26)37(3)28-10-8-27(34)9-11-28/h8-11,17-20,29H,5-7,12-16,21-23H2,1-4H3. The van der Waals surface area contributed by atoms with Gasteiger partial charge in [0.15, 0.2) is 0 Å². The van der Waals surface area contributed by atoms with Crippen LogP contribution in [0, 0.1) is 19.7 Å². The molecule has 46 heavy (non-hydrogen) atoms. The number of piperidine rings is 1. The highest BCUT2D eigenvalue weighted by Crippen LogP contribution is 2.32. The van der Waals surface area contributed by atoms with Crippen molar-refractivity contribution in [3.63, 3.8) is 0 Å². The van der Waals surface area contributed by atoms with Gasteiger partial charge in [-0.2, -0.15) is 4.31 Å². The summed E-state index contributed by atoms with van der Waals surface area (Å²) < 4.78 is 53.6. The van der Waals surface area contributed by atoms with Crippen LogP contribution < -0.4 is 9.64 Å².